The highest BCUT2D eigenvalue weighted by molar-refractivity contribution is 7.89. The maximum Gasteiger partial charge on any atom is 0.240 e. The minimum atomic E-state index is -3.56. The third kappa shape index (κ3) is 4.52. The highest BCUT2D eigenvalue weighted by Gasteiger charge is 2.27. The van der Waals surface area contributed by atoms with Crippen molar-refractivity contribution in [3.63, 3.8) is 0 Å². The number of nitrogens with one attached hydrogen (secondary N) is 1. The number of aryl methyl sites for hydroxylation is 1. The van der Waals surface area contributed by atoms with E-state index in [2.05, 4.69) is 23.5 Å². The Kier molecular flexibility index (Phi) is 5.60. The maximum atomic E-state index is 12.2. The monoisotopic (exact) mass is 326 g/mol. The van der Waals surface area contributed by atoms with Crippen LogP contribution in [0.1, 0.15) is 25.8 Å². The van der Waals surface area contributed by atoms with E-state index in [9.17, 15) is 13.5 Å². The van der Waals surface area contributed by atoms with Crippen molar-refractivity contribution in [1.82, 2.24) is 9.62 Å². The van der Waals surface area contributed by atoms with Gasteiger partial charge in [0, 0.05) is 25.7 Å². The lowest BCUT2D eigenvalue weighted by molar-refractivity contribution is 0.111. The quantitative estimate of drug-likeness (QED) is 0.828. The van der Waals surface area contributed by atoms with Crippen LogP contribution in [0, 0.1) is 12.8 Å². The average Bonchev–Trinajstić information content (AvgIpc) is 2.75. The van der Waals surface area contributed by atoms with Crippen molar-refractivity contribution in [2.24, 2.45) is 5.92 Å². The van der Waals surface area contributed by atoms with Crippen LogP contribution in [0.15, 0.2) is 29.2 Å². The summed E-state index contributed by atoms with van der Waals surface area (Å²) in [6.07, 6.45) is 0.425. The first kappa shape index (κ1) is 17.4. The van der Waals surface area contributed by atoms with Crippen molar-refractivity contribution in [2.75, 3.05) is 19.6 Å². The second-order valence-electron chi connectivity index (χ2n) is 6.47. The number of benzene rings is 1. The van der Waals surface area contributed by atoms with Crippen LogP contribution in [0.3, 0.4) is 0 Å². The lowest BCUT2D eigenvalue weighted by Gasteiger charge is -2.24. The Balaban J connectivity index is 1.89. The average molecular weight is 326 g/mol. The van der Waals surface area contributed by atoms with Gasteiger partial charge in [-0.1, -0.05) is 19.1 Å². The van der Waals surface area contributed by atoms with Crippen molar-refractivity contribution >= 4 is 10.0 Å². The zero-order valence-corrected chi connectivity index (χ0v) is 14.3. The molecule has 1 fully saturated rings. The summed E-state index contributed by atoms with van der Waals surface area (Å²) in [5, 5.41) is 10.1. The summed E-state index contributed by atoms with van der Waals surface area (Å²) in [6.45, 7) is 7.69. The molecule has 1 aliphatic heterocycles. The van der Waals surface area contributed by atoms with Crippen LogP contribution in [0.25, 0.3) is 0 Å². The zero-order valence-electron chi connectivity index (χ0n) is 13.5. The number of rotatable bonds is 6. The molecule has 2 rings (SSSR count). The maximum absolute atomic E-state index is 12.2. The van der Waals surface area contributed by atoms with Crippen LogP contribution in [0.4, 0.5) is 0 Å². The molecule has 2 unspecified atom stereocenters. The number of aliphatic hydroxyl groups is 1. The summed E-state index contributed by atoms with van der Waals surface area (Å²) < 4.78 is 26.9. The number of sulfonamides is 1. The summed E-state index contributed by atoms with van der Waals surface area (Å²) in [7, 11) is -3.56. The first-order chi connectivity index (χ1) is 10.3. The van der Waals surface area contributed by atoms with Crippen LogP contribution >= 0.6 is 0 Å². The fraction of sp³-hybridized carbons (Fsp3) is 0.625. The van der Waals surface area contributed by atoms with Gasteiger partial charge in [-0.2, -0.15) is 0 Å². The van der Waals surface area contributed by atoms with Gasteiger partial charge in [0.2, 0.25) is 10.0 Å². The van der Waals surface area contributed by atoms with Crippen molar-refractivity contribution < 1.29 is 13.5 Å². The van der Waals surface area contributed by atoms with Gasteiger partial charge in [0.25, 0.3) is 0 Å². The minimum Gasteiger partial charge on any atom is -0.390 e. The van der Waals surface area contributed by atoms with Gasteiger partial charge in [0.05, 0.1) is 11.0 Å². The van der Waals surface area contributed by atoms with Crippen molar-refractivity contribution in [3.05, 3.63) is 29.8 Å². The molecule has 0 saturated carbocycles. The van der Waals surface area contributed by atoms with Crippen LogP contribution in [-0.4, -0.2) is 50.2 Å². The number of aliphatic hydroxyl groups excluding tert-OH is 1. The van der Waals surface area contributed by atoms with E-state index in [0.29, 0.717) is 18.5 Å². The first-order valence-corrected chi connectivity index (χ1v) is 9.24. The van der Waals surface area contributed by atoms with Crippen LogP contribution in [-0.2, 0) is 10.0 Å². The predicted octanol–water partition coefficient (Wildman–Crippen LogP) is 1.36. The third-order valence-corrected chi connectivity index (χ3v) is 5.59. The van der Waals surface area contributed by atoms with Gasteiger partial charge in [-0.05, 0) is 43.9 Å². The van der Waals surface area contributed by atoms with E-state index in [0.717, 1.165) is 18.5 Å². The van der Waals surface area contributed by atoms with E-state index in [-0.39, 0.29) is 11.4 Å². The van der Waals surface area contributed by atoms with Gasteiger partial charge in [-0.15, -0.1) is 0 Å². The molecule has 0 bridgehead atoms. The number of hydrogen-bond donors (Lipinski definition) is 2. The molecule has 1 saturated heterocycles. The Hall–Kier alpha value is -0.950. The summed E-state index contributed by atoms with van der Waals surface area (Å²) in [5.41, 5.74) is 0.892. The van der Waals surface area contributed by atoms with Crippen molar-refractivity contribution in [2.45, 2.75) is 44.2 Å². The fourth-order valence-corrected chi connectivity index (χ4v) is 4.22. The van der Waals surface area contributed by atoms with Crippen LogP contribution in [0.5, 0.6) is 0 Å². The van der Waals surface area contributed by atoms with Gasteiger partial charge in [0.15, 0.2) is 0 Å². The second-order valence-corrected chi connectivity index (χ2v) is 8.23. The zero-order chi connectivity index (χ0) is 16.3. The Morgan fingerprint density at radius 1 is 1.41 bits per heavy atom. The molecule has 124 valence electrons. The van der Waals surface area contributed by atoms with E-state index < -0.39 is 16.1 Å². The second kappa shape index (κ2) is 7.08. The number of nitrogens with zero attached hydrogens (tertiary/aromatic N) is 1. The Morgan fingerprint density at radius 3 is 2.73 bits per heavy atom. The number of β-amino-alcohol motifs (C(OH)–C–C–N with tert-alkyl or cyclic N) is 1. The molecular weight excluding hydrogens is 300 g/mol. The Bertz CT molecular complexity index is 603. The molecule has 0 radical (unpaired) electrons. The van der Waals surface area contributed by atoms with Gasteiger partial charge in [-0.3, -0.25) is 4.90 Å². The molecule has 0 spiro atoms. The summed E-state index contributed by atoms with van der Waals surface area (Å²) in [5.74, 6) is 0.631. The van der Waals surface area contributed by atoms with Crippen LogP contribution < -0.4 is 4.72 Å². The molecule has 1 aliphatic rings. The molecule has 6 heteroatoms. The molecule has 0 aliphatic carbocycles. The summed E-state index contributed by atoms with van der Waals surface area (Å²) in [6, 6.07) is 7.19. The highest BCUT2D eigenvalue weighted by Crippen LogP contribution is 2.22. The van der Waals surface area contributed by atoms with Crippen molar-refractivity contribution in [1.29, 1.82) is 0 Å². The van der Waals surface area contributed by atoms with Gasteiger partial charge < -0.3 is 5.11 Å². The van der Waals surface area contributed by atoms with E-state index in [4.69, 9.17) is 0 Å². The minimum absolute atomic E-state index is 0.0356. The van der Waals surface area contributed by atoms with E-state index in [1.165, 1.54) is 0 Å². The van der Waals surface area contributed by atoms with Crippen LogP contribution in [0.2, 0.25) is 0 Å². The molecule has 2 N–H and O–H groups in total. The smallest absolute Gasteiger partial charge is 0.240 e. The standard InChI is InChI=1S/C16H26N2O3S/c1-12-5-4-6-16(8-12)22(20,21)17-9-15(19)11-18-10-13(2)7-14(18)3/h4-6,8,13-15,17,19H,7,9-11H2,1-3H3/t13?,14?,15-/m0/s1. The molecule has 0 aromatic heterocycles. The molecule has 1 aromatic carbocycles. The number of likely N-dealkylation sites (tertiary alicyclic amines) is 1. The van der Waals surface area contributed by atoms with E-state index in [1.54, 1.807) is 18.2 Å². The summed E-state index contributed by atoms with van der Waals surface area (Å²) >= 11 is 0. The summed E-state index contributed by atoms with van der Waals surface area (Å²) in [4.78, 5) is 2.46. The number of hydrogen-bond acceptors (Lipinski definition) is 4. The highest BCUT2D eigenvalue weighted by atomic mass is 32.2. The van der Waals surface area contributed by atoms with Gasteiger partial charge in [-0.25, -0.2) is 13.1 Å². The Labute approximate surface area is 133 Å². The van der Waals surface area contributed by atoms with E-state index >= 15 is 0 Å². The first-order valence-electron chi connectivity index (χ1n) is 7.76. The molecule has 1 aromatic rings. The predicted molar refractivity (Wildman–Crippen MR) is 87.2 cm³/mol. The third-order valence-electron chi connectivity index (χ3n) is 4.17. The topological polar surface area (TPSA) is 69.6 Å². The molecule has 22 heavy (non-hydrogen) atoms. The SMILES string of the molecule is Cc1cccc(S(=O)(=O)NC[C@H](O)CN2CC(C)CC2C)c1. The lowest BCUT2D eigenvalue weighted by Crippen LogP contribution is -2.41. The molecule has 5 nitrogen and oxygen atoms in total. The van der Waals surface area contributed by atoms with Gasteiger partial charge >= 0.3 is 0 Å². The lowest BCUT2D eigenvalue weighted by atomic mass is 10.1. The Morgan fingerprint density at radius 2 is 2.14 bits per heavy atom. The molecule has 0 amide bonds. The van der Waals surface area contributed by atoms with Gasteiger partial charge in [0.1, 0.15) is 0 Å². The molecule has 1 heterocycles. The fourth-order valence-electron chi connectivity index (χ4n) is 3.05. The molecule has 3 atom stereocenters. The van der Waals surface area contributed by atoms with E-state index in [1.807, 2.05) is 13.0 Å². The normalized spacial score (nSPS) is 24.5. The van der Waals surface area contributed by atoms with Crippen molar-refractivity contribution in [3.8, 4) is 0 Å². The largest absolute Gasteiger partial charge is 0.390 e. The molecular formula is C16H26N2O3S.